The normalized spacial score (nSPS) is 25.8. The Bertz CT molecular complexity index is 264. The zero-order chi connectivity index (χ0) is 10.6. The van der Waals surface area contributed by atoms with Crippen LogP contribution in [0.5, 0.6) is 0 Å². The number of hydrogen-bond donors (Lipinski definition) is 1. The molecule has 1 unspecified atom stereocenters. The molecule has 1 aliphatic rings. The first-order valence-electron chi connectivity index (χ1n) is 5.18. The van der Waals surface area contributed by atoms with Gasteiger partial charge in [0.15, 0.2) is 9.84 Å². The molecule has 1 atom stereocenters. The van der Waals surface area contributed by atoms with Crippen LogP contribution in [0.25, 0.3) is 0 Å². The van der Waals surface area contributed by atoms with Gasteiger partial charge in [0.2, 0.25) is 0 Å². The van der Waals surface area contributed by atoms with Crippen molar-refractivity contribution in [2.45, 2.75) is 19.4 Å². The predicted octanol–water partition coefficient (Wildman–Crippen LogP) is -0.285. The van der Waals surface area contributed by atoms with Crippen LogP contribution in [-0.2, 0) is 9.84 Å². The van der Waals surface area contributed by atoms with Crippen LogP contribution in [0, 0.1) is 0 Å². The van der Waals surface area contributed by atoms with Crippen molar-refractivity contribution in [3.8, 4) is 0 Å². The number of sulfone groups is 1. The zero-order valence-electron chi connectivity index (χ0n) is 8.99. The summed E-state index contributed by atoms with van der Waals surface area (Å²) < 4.78 is 22.6. The molecule has 84 valence electrons. The first kappa shape index (κ1) is 11.9. The Morgan fingerprint density at radius 3 is 2.64 bits per heavy atom. The Labute approximate surface area is 86.6 Å². The highest BCUT2D eigenvalue weighted by Crippen LogP contribution is 2.16. The van der Waals surface area contributed by atoms with Crippen LogP contribution in [-0.4, -0.2) is 57.5 Å². The van der Waals surface area contributed by atoms with Crippen molar-refractivity contribution in [2.24, 2.45) is 0 Å². The summed E-state index contributed by atoms with van der Waals surface area (Å²) in [5.41, 5.74) is 0. The third kappa shape index (κ3) is 3.22. The van der Waals surface area contributed by atoms with Crippen molar-refractivity contribution < 1.29 is 8.42 Å². The maximum absolute atomic E-state index is 11.3. The molecule has 0 aromatic carbocycles. The van der Waals surface area contributed by atoms with E-state index in [4.69, 9.17) is 0 Å². The molecule has 0 saturated carbocycles. The van der Waals surface area contributed by atoms with E-state index < -0.39 is 9.84 Å². The van der Waals surface area contributed by atoms with E-state index in [1.165, 1.54) is 0 Å². The molecule has 0 aliphatic carbocycles. The first-order valence-corrected chi connectivity index (χ1v) is 7.00. The molecule has 1 fully saturated rings. The lowest BCUT2D eigenvalue weighted by molar-refractivity contribution is 0.225. The molecule has 0 radical (unpaired) electrons. The Hall–Kier alpha value is -0.130. The Morgan fingerprint density at radius 1 is 1.50 bits per heavy atom. The van der Waals surface area contributed by atoms with E-state index in [-0.39, 0.29) is 6.04 Å². The minimum atomic E-state index is -2.74. The molecule has 1 N–H and O–H groups in total. The van der Waals surface area contributed by atoms with Crippen LogP contribution < -0.4 is 5.32 Å². The average molecular weight is 220 g/mol. The fourth-order valence-corrected chi connectivity index (χ4v) is 3.68. The lowest BCUT2D eigenvalue weighted by Gasteiger charge is -2.26. The van der Waals surface area contributed by atoms with Gasteiger partial charge in [-0.2, -0.15) is 0 Å². The molecule has 0 amide bonds. The van der Waals surface area contributed by atoms with Gasteiger partial charge in [0.05, 0.1) is 11.5 Å². The van der Waals surface area contributed by atoms with Gasteiger partial charge in [0, 0.05) is 19.1 Å². The van der Waals surface area contributed by atoms with Crippen LogP contribution in [0.4, 0.5) is 0 Å². The summed E-state index contributed by atoms with van der Waals surface area (Å²) in [7, 11) is -0.822. The van der Waals surface area contributed by atoms with Gasteiger partial charge in [-0.15, -0.1) is 0 Å². The largest absolute Gasteiger partial charge is 0.318 e. The molecule has 5 heteroatoms. The summed E-state index contributed by atoms with van der Waals surface area (Å²) in [6.07, 6.45) is 0.805. The van der Waals surface area contributed by atoms with Crippen LogP contribution in [0.15, 0.2) is 0 Å². The van der Waals surface area contributed by atoms with E-state index in [0.29, 0.717) is 11.5 Å². The van der Waals surface area contributed by atoms with E-state index in [0.717, 1.165) is 26.1 Å². The molecule has 1 saturated heterocycles. The highest BCUT2D eigenvalue weighted by molar-refractivity contribution is 7.91. The number of likely N-dealkylation sites (N-methyl/N-ethyl adjacent to an activating group) is 2. The Balaban J connectivity index is 2.46. The van der Waals surface area contributed by atoms with Crippen molar-refractivity contribution in [1.29, 1.82) is 0 Å². The quantitative estimate of drug-likeness (QED) is 0.692. The number of nitrogens with zero attached hydrogens (tertiary/aromatic N) is 1. The van der Waals surface area contributed by atoms with Crippen LogP contribution >= 0.6 is 0 Å². The van der Waals surface area contributed by atoms with Crippen LogP contribution in [0.1, 0.15) is 13.3 Å². The number of hydrogen-bond acceptors (Lipinski definition) is 4. The van der Waals surface area contributed by atoms with Crippen molar-refractivity contribution >= 4 is 9.84 Å². The van der Waals surface area contributed by atoms with Crippen molar-refractivity contribution in [2.75, 3.05) is 38.2 Å². The molecule has 0 bridgehead atoms. The van der Waals surface area contributed by atoms with E-state index in [9.17, 15) is 8.42 Å². The second-order valence-corrected chi connectivity index (χ2v) is 6.02. The molecule has 0 spiro atoms. The predicted molar refractivity (Wildman–Crippen MR) is 58.2 cm³/mol. The average Bonchev–Trinajstić information content (AvgIpc) is 2.48. The SMILES string of the molecule is CCN(CCNC)C1CCS(=O)(=O)C1. The molecule has 0 aromatic heterocycles. The minimum Gasteiger partial charge on any atom is -0.318 e. The highest BCUT2D eigenvalue weighted by atomic mass is 32.2. The van der Waals surface area contributed by atoms with Gasteiger partial charge in [-0.25, -0.2) is 8.42 Å². The lowest BCUT2D eigenvalue weighted by atomic mass is 10.2. The molecule has 0 aromatic rings. The van der Waals surface area contributed by atoms with E-state index >= 15 is 0 Å². The molecule has 4 nitrogen and oxygen atoms in total. The van der Waals surface area contributed by atoms with Gasteiger partial charge in [0.25, 0.3) is 0 Å². The van der Waals surface area contributed by atoms with Gasteiger partial charge in [-0.05, 0) is 20.0 Å². The van der Waals surface area contributed by atoms with Crippen molar-refractivity contribution in [3.63, 3.8) is 0 Å². The summed E-state index contributed by atoms with van der Waals surface area (Å²) in [5.74, 6) is 0.721. The maximum atomic E-state index is 11.3. The Kier molecular flexibility index (Phi) is 4.34. The third-order valence-electron chi connectivity index (χ3n) is 2.78. The third-order valence-corrected chi connectivity index (χ3v) is 4.53. The summed E-state index contributed by atoms with van der Waals surface area (Å²) in [5, 5.41) is 3.09. The van der Waals surface area contributed by atoms with E-state index in [1.54, 1.807) is 0 Å². The summed E-state index contributed by atoms with van der Waals surface area (Å²) in [6, 6.07) is 0.248. The molecular formula is C9H20N2O2S. The Morgan fingerprint density at radius 2 is 2.21 bits per heavy atom. The molecule has 14 heavy (non-hydrogen) atoms. The second-order valence-electron chi connectivity index (χ2n) is 3.79. The standard InChI is InChI=1S/C9H20N2O2S/c1-3-11(6-5-10-2)9-4-7-14(12,13)8-9/h9-10H,3-8H2,1-2H3. The molecule has 1 rings (SSSR count). The summed E-state index contributed by atoms with van der Waals surface area (Å²) in [4.78, 5) is 2.25. The second kappa shape index (κ2) is 5.09. The van der Waals surface area contributed by atoms with Gasteiger partial charge in [-0.3, -0.25) is 4.90 Å². The molecule has 1 aliphatic heterocycles. The van der Waals surface area contributed by atoms with Gasteiger partial charge >= 0.3 is 0 Å². The fraction of sp³-hybridized carbons (Fsp3) is 1.00. The molecule has 1 heterocycles. The van der Waals surface area contributed by atoms with Crippen LogP contribution in [0.2, 0.25) is 0 Å². The van der Waals surface area contributed by atoms with Gasteiger partial charge < -0.3 is 5.32 Å². The molecular weight excluding hydrogens is 200 g/mol. The number of rotatable bonds is 5. The summed E-state index contributed by atoms with van der Waals surface area (Å²) >= 11 is 0. The maximum Gasteiger partial charge on any atom is 0.151 e. The van der Waals surface area contributed by atoms with Crippen molar-refractivity contribution in [3.05, 3.63) is 0 Å². The smallest absolute Gasteiger partial charge is 0.151 e. The van der Waals surface area contributed by atoms with E-state index in [1.807, 2.05) is 7.05 Å². The number of nitrogens with one attached hydrogen (secondary N) is 1. The van der Waals surface area contributed by atoms with Crippen molar-refractivity contribution in [1.82, 2.24) is 10.2 Å². The van der Waals surface area contributed by atoms with Crippen LogP contribution in [0.3, 0.4) is 0 Å². The minimum absolute atomic E-state index is 0.248. The first-order chi connectivity index (χ1) is 6.59. The van der Waals surface area contributed by atoms with Gasteiger partial charge in [0.1, 0.15) is 0 Å². The van der Waals surface area contributed by atoms with E-state index in [2.05, 4.69) is 17.1 Å². The van der Waals surface area contributed by atoms with Gasteiger partial charge in [-0.1, -0.05) is 6.92 Å². The fourth-order valence-electron chi connectivity index (χ4n) is 1.92. The lowest BCUT2D eigenvalue weighted by Crippen LogP contribution is -2.39. The topological polar surface area (TPSA) is 49.4 Å². The monoisotopic (exact) mass is 220 g/mol. The summed E-state index contributed by atoms with van der Waals surface area (Å²) in [6.45, 7) is 4.88. The highest BCUT2D eigenvalue weighted by Gasteiger charge is 2.31. The zero-order valence-corrected chi connectivity index (χ0v) is 9.81.